The molecule has 1 unspecified atom stereocenters. The molecule has 0 saturated carbocycles. The summed E-state index contributed by atoms with van der Waals surface area (Å²) in [5, 5.41) is 9.11. The van der Waals surface area contributed by atoms with Crippen molar-refractivity contribution >= 4 is 0 Å². The Morgan fingerprint density at radius 3 is 2.73 bits per heavy atom. The van der Waals surface area contributed by atoms with Crippen molar-refractivity contribution in [1.29, 1.82) is 0 Å². The third kappa shape index (κ3) is 2.92. The highest BCUT2D eigenvalue weighted by molar-refractivity contribution is 4.84. The molecule has 0 aromatic rings. The van der Waals surface area contributed by atoms with Crippen LogP contribution in [0.2, 0.25) is 0 Å². The minimum Gasteiger partial charge on any atom is -0.396 e. The van der Waals surface area contributed by atoms with Gasteiger partial charge >= 0.3 is 0 Å². The Kier molecular flexibility index (Phi) is 3.65. The Balaban J connectivity index is 1.80. The van der Waals surface area contributed by atoms with E-state index in [0.29, 0.717) is 17.9 Å². The molecule has 15 heavy (non-hydrogen) atoms. The van der Waals surface area contributed by atoms with Crippen LogP contribution in [0.15, 0.2) is 0 Å². The standard InChI is InChI=1S/C12H23NO2/c1-12(3-6-15-7-4-12)10-13-5-2-11(8-13)9-14/h11,14H,2-10H2,1H3. The first-order chi connectivity index (χ1) is 7.22. The lowest BCUT2D eigenvalue weighted by Crippen LogP contribution is -2.38. The Bertz CT molecular complexity index is 202. The minimum absolute atomic E-state index is 0.357. The van der Waals surface area contributed by atoms with E-state index < -0.39 is 0 Å². The summed E-state index contributed by atoms with van der Waals surface area (Å²) in [6.45, 7) is 8.03. The van der Waals surface area contributed by atoms with E-state index in [4.69, 9.17) is 9.84 Å². The first-order valence-corrected chi connectivity index (χ1v) is 6.13. The average molecular weight is 213 g/mol. The molecule has 0 aromatic carbocycles. The number of aliphatic hydroxyl groups excluding tert-OH is 1. The molecule has 2 aliphatic heterocycles. The Morgan fingerprint density at radius 2 is 2.13 bits per heavy atom. The lowest BCUT2D eigenvalue weighted by molar-refractivity contribution is 0.00770. The minimum atomic E-state index is 0.357. The van der Waals surface area contributed by atoms with Crippen LogP contribution in [0.3, 0.4) is 0 Å². The Labute approximate surface area is 92.4 Å². The van der Waals surface area contributed by atoms with Gasteiger partial charge in [-0.05, 0) is 37.1 Å². The highest BCUT2D eigenvalue weighted by atomic mass is 16.5. The van der Waals surface area contributed by atoms with Gasteiger partial charge in [0.15, 0.2) is 0 Å². The number of hydrogen-bond donors (Lipinski definition) is 1. The van der Waals surface area contributed by atoms with Crippen molar-refractivity contribution in [3.63, 3.8) is 0 Å². The number of rotatable bonds is 3. The van der Waals surface area contributed by atoms with Crippen molar-refractivity contribution in [2.24, 2.45) is 11.3 Å². The molecule has 3 nitrogen and oxygen atoms in total. The van der Waals surface area contributed by atoms with Gasteiger partial charge in [0.05, 0.1) is 0 Å². The molecule has 2 rings (SSSR count). The number of likely N-dealkylation sites (tertiary alicyclic amines) is 1. The van der Waals surface area contributed by atoms with Gasteiger partial charge in [-0.1, -0.05) is 6.92 Å². The highest BCUT2D eigenvalue weighted by Gasteiger charge is 2.32. The van der Waals surface area contributed by atoms with Gasteiger partial charge in [-0.2, -0.15) is 0 Å². The molecule has 0 bridgehead atoms. The van der Waals surface area contributed by atoms with Gasteiger partial charge in [0.1, 0.15) is 0 Å². The normalized spacial score (nSPS) is 32.0. The van der Waals surface area contributed by atoms with Gasteiger partial charge in [-0.3, -0.25) is 0 Å². The van der Waals surface area contributed by atoms with E-state index >= 15 is 0 Å². The third-order valence-corrected chi connectivity index (χ3v) is 3.93. The van der Waals surface area contributed by atoms with Crippen LogP contribution < -0.4 is 0 Å². The zero-order chi connectivity index (χ0) is 10.7. The molecule has 2 aliphatic rings. The average Bonchev–Trinajstić information content (AvgIpc) is 2.66. The number of ether oxygens (including phenoxy) is 1. The molecule has 0 aromatic heterocycles. The van der Waals surface area contributed by atoms with Crippen molar-refractivity contribution in [3.8, 4) is 0 Å². The molecular formula is C12H23NO2. The summed E-state index contributed by atoms with van der Waals surface area (Å²) in [7, 11) is 0. The van der Waals surface area contributed by atoms with E-state index in [2.05, 4.69) is 11.8 Å². The maximum absolute atomic E-state index is 9.11. The summed E-state index contributed by atoms with van der Waals surface area (Å²) in [6, 6.07) is 0. The molecule has 0 aliphatic carbocycles. The molecule has 88 valence electrons. The number of nitrogens with zero attached hydrogens (tertiary/aromatic N) is 1. The van der Waals surface area contributed by atoms with Crippen LogP contribution >= 0.6 is 0 Å². The van der Waals surface area contributed by atoms with Gasteiger partial charge in [-0.15, -0.1) is 0 Å². The second-order valence-corrected chi connectivity index (χ2v) is 5.50. The molecule has 1 atom stereocenters. The number of hydrogen-bond acceptors (Lipinski definition) is 3. The van der Waals surface area contributed by atoms with Gasteiger partial charge in [0.2, 0.25) is 0 Å². The summed E-state index contributed by atoms with van der Waals surface area (Å²) >= 11 is 0. The topological polar surface area (TPSA) is 32.7 Å². The van der Waals surface area contributed by atoms with Crippen LogP contribution in [-0.4, -0.2) is 49.5 Å². The summed E-state index contributed by atoms with van der Waals surface area (Å²) < 4.78 is 5.41. The third-order valence-electron chi connectivity index (χ3n) is 3.93. The molecule has 0 spiro atoms. The molecule has 2 fully saturated rings. The lowest BCUT2D eigenvalue weighted by atomic mass is 9.82. The summed E-state index contributed by atoms with van der Waals surface area (Å²) in [4.78, 5) is 2.52. The van der Waals surface area contributed by atoms with E-state index in [-0.39, 0.29) is 0 Å². The van der Waals surface area contributed by atoms with E-state index in [1.165, 1.54) is 32.4 Å². The summed E-state index contributed by atoms with van der Waals surface area (Å²) in [5.74, 6) is 0.522. The second kappa shape index (κ2) is 4.81. The molecular weight excluding hydrogens is 190 g/mol. The predicted molar refractivity (Wildman–Crippen MR) is 59.8 cm³/mol. The second-order valence-electron chi connectivity index (χ2n) is 5.50. The molecule has 2 heterocycles. The van der Waals surface area contributed by atoms with Gasteiger partial charge in [-0.25, -0.2) is 0 Å². The quantitative estimate of drug-likeness (QED) is 0.762. The fourth-order valence-corrected chi connectivity index (χ4v) is 2.77. The van der Waals surface area contributed by atoms with Crippen LogP contribution in [0.1, 0.15) is 26.2 Å². The van der Waals surface area contributed by atoms with Crippen LogP contribution in [0.25, 0.3) is 0 Å². The molecule has 3 heteroatoms. The maximum atomic E-state index is 9.11. The molecule has 0 amide bonds. The van der Waals surface area contributed by atoms with Crippen LogP contribution in [0.4, 0.5) is 0 Å². The zero-order valence-corrected chi connectivity index (χ0v) is 9.74. The monoisotopic (exact) mass is 213 g/mol. The fourth-order valence-electron chi connectivity index (χ4n) is 2.77. The summed E-state index contributed by atoms with van der Waals surface area (Å²) in [6.07, 6.45) is 3.55. The zero-order valence-electron chi connectivity index (χ0n) is 9.74. The summed E-state index contributed by atoms with van der Waals surface area (Å²) in [5.41, 5.74) is 0.447. The van der Waals surface area contributed by atoms with Gasteiger partial charge in [0.25, 0.3) is 0 Å². The van der Waals surface area contributed by atoms with Crippen LogP contribution in [0, 0.1) is 11.3 Å². The Hall–Kier alpha value is -0.120. The van der Waals surface area contributed by atoms with Crippen molar-refractivity contribution in [2.75, 3.05) is 39.5 Å². The van der Waals surface area contributed by atoms with Gasteiger partial charge in [0, 0.05) is 32.9 Å². The fraction of sp³-hybridized carbons (Fsp3) is 1.00. The first-order valence-electron chi connectivity index (χ1n) is 6.13. The van der Waals surface area contributed by atoms with Crippen molar-refractivity contribution in [2.45, 2.75) is 26.2 Å². The van der Waals surface area contributed by atoms with E-state index in [9.17, 15) is 0 Å². The lowest BCUT2D eigenvalue weighted by Gasteiger charge is -2.36. The maximum Gasteiger partial charge on any atom is 0.0471 e. The number of aliphatic hydroxyl groups is 1. The molecule has 2 saturated heterocycles. The van der Waals surface area contributed by atoms with Crippen molar-refractivity contribution in [1.82, 2.24) is 4.90 Å². The molecule has 0 radical (unpaired) electrons. The largest absolute Gasteiger partial charge is 0.396 e. The van der Waals surface area contributed by atoms with E-state index in [1.807, 2.05) is 0 Å². The Morgan fingerprint density at radius 1 is 1.40 bits per heavy atom. The smallest absolute Gasteiger partial charge is 0.0471 e. The van der Waals surface area contributed by atoms with Crippen LogP contribution in [-0.2, 0) is 4.74 Å². The predicted octanol–water partition coefficient (Wildman–Crippen LogP) is 1.12. The SMILES string of the molecule is CC1(CN2CCC(CO)C2)CCOCC1. The highest BCUT2D eigenvalue weighted by Crippen LogP contribution is 2.32. The first kappa shape index (κ1) is 11.4. The van der Waals surface area contributed by atoms with E-state index in [0.717, 1.165) is 19.8 Å². The van der Waals surface area contributed by atoms with E-state index in [1.54, 1.807) is 0 Å². The molecule has 1 N–H and O–H groups in total. The van der Waals surface area contributed by atoms with Gasteiger partial charge < -0.3 is 14.7 Å². The van der Waals surface area contributed by atoms with Crippen molar-refractivity contribution < 1.29 is 9.84 Å². The van der Waals surface area contributed by atoms with Crippen LogP contribution in [0.5, 0.6) is 0 Å². The van der Waals surface area contributed by atoms with Crippen molar-refractivity contribution in [3.05, 3.63) is 0 Å².